The summed E-state index contributed by atoms with van der Waals surface area (Å²) in [7, 11) is 1.57. The number of nitrogens with zero attached hydrogens (tertiary/aromatic N) is 3. The Bertz CT molecular complexity index is 1080. The molecule has 0 aliphatic rings. The summed E-state index contributed by atoms with van der Waals surface area (Å²) in [5.74, 6) is 1.06. The summed E-state index contributed by atoms with van der Waals surface area (Å²) in [5, 5.41) is 14.6. The zero-order chi connectivity index (χ0) is 23.5. The Kier molecular flexibility index (Phi) is 9.08. The molecule has 0 bridgehead atoms. The van der Waals surface area contributed by atoms with E-state index in [4.69, 9.17) is 4.74 Å². The standard InChI is InChI=1S/C24H27N5O3S/c1-3-14-29-21(16-22(30)26-19-10-7-11-20(15-19)32-2)27-28-24(29)33-17-23(31)25-13-12-18-8-5-4-6-9-18/h3-11,15H,1,12-14,16-17H2,2H3,(H,25,31)(H,26,30). The third kappa shape index (κ3) is 7.50. The maximum absolute atomic E-state index is 12.5. The molecule has 3 rings (SSSR count). The largest absolute Gasteiger partial charge is 0.497 e. The molecule has 0 aliphatic heterocycles. The van der Waals surface area contributed by atoms with E-state index >= 15 is 0 Å². The molecule has 0 fully saturated rings. The van der Waals surface area contributed by atoms with Crippen molar-refractivity contribution in [3.8, 4) is 5.75 Å². The van der Waals surface area contributed by atoms with Gasteiger partial charge in [0.15, 0.2) is 5.16 Å². The smallest absolute Gasteiger partial charge is 0.232 e. The van der Waals surface area contributed by atoms with Crippen molar-refractivity contribution in [3.05, 3.63) is 78.6 Å². The SMILES string of the molecule is C=CCn1c(CC(=O)Nc2cccc(OC)c2)nnc1SCC(=O)NCCc1ccccc1. The second kappa shape index (κ2) is 12.4. The lowest BCUT2D eigenvalue weighted by molar-refractivity contribution is -0.118. The summed E-state index contributed by atoms with van der Waals surface area (Å²) in [6.07, 6.45) is 2.52. The number of benzene rings is 2. The highest BCUT2D eigenvalue weighted by Crippen LogP contribution is 2.19. The Morgan fingerprint density at radius 3 is 2.70 bits per heavy atom. The summed E-state index contributed by atoms with van der Waals surface area (Å²) in [6.45, 7) is 4.77. The van der Waals surface area contributed by atoms with Crippen molar-refractivity contribution < 1.29 is 14.3 Å². The van der Waals surface area contributed by atoms with Crippen LogP contribution in [0.25, 0.3) is 0 Å². The fourth-order valence-corrected chi connectivity index (χ4v) is 3.89. The van der Waals surface area contributed by atoms with Crippen molar-refractivity contribution in [1.29, 1.82) is 0 Å². The number of rotatable bonds is 12. The highest BCUT2D eigenvalue weighted by atomic mass is 32.2. The maximum Gasteiger partial charge on any atom is 0.232 e. The minimum absolute atomic E-state index is 0.0435. The van der Waals surface area contributed by atoms with E-state index < -0.39 is 0 Å². The number of ether oxygens (including phenoxy) is 1. The van der Waals surface area contributed by atoms with Crippen molar-refractivity contribution in [1.82, 2.24) is 20.1 Å². The van der Waals surface area contributed by atoms with E-state index in [-0.39, 0.29) is 24.0 Å². The van der Waals surface area contributed by atoms with E-state index in [0.29, 0.717) is 35.5 Å². The highest BCUT2D eigenvalue weighted by Gasteiger charge is 2.16. The van der Waals surface area contributed by atoms with Gasteiger partial charge in [0.2, 0.25) is 11.8 Å². The number of carbonyl (C=O) groups excluding carboxylic acids is 2. The number of hydrogen-bond donors (Lipinski definition) is 2. The molecule has 0 unspecified atom stereocenters. The third-order valence-corrected chi connectivity index (χ3v) is 5.66. The first-order valence-corrected chi connectivity index (χ1v) is 11.5. The molecule has 8 nitrogen and oxygen atoms in total. The molecule has 33 heavy (non-hydrogen) atoms. The number of carbonyl (C=O) groups is 2. The van der Waals surface area contributed by atoms with Crippen LogP contribution in [0.4, 0.5) is 5.69 Å². The zero-order valence-electron chi connectivity index (χ0n) is 18.5. The Balaban J connectivity index is 1.53. The van der Waals surface area contributed by atoms with Gasteiger partial charge >= 0.3 is 0 Å². The van der Waals surface area contributed by atoms with E-state index in [1.165, 1.54) is 17.3 Å². The summed E-state index contributed by atoms with van der Waals surface area (Å²) < 4.78 is 6.97. The number of thioether (sulfide) groups is 1. The molecule has 0 radical (unpaired) electrons. The number of methoxy groups -OCH3 is 1. The van der Waals surface area contributed by atoms with E-state index in [1.54, 1.807) is 42.0 Å². The summed E-state index contributed by atoms with van der Waals surface area (Å²) in [6, 6.07) is 17.1. The van der Waals surface area contributed by atoms with Crippen LogP contribution in [0.5, 0.6) is 5.75 Å². The highest BCUT2D eigenvalue weighted by molar-refractivity contribution is 7.99. The van der Waals surface area contributed by atoms with Crippen LogP contribution in [0.2, 0.25) is 0 Å². The lowest BCUT2D eigenvalue weighted by Gasteiger charge is -2.09. The molecule has 0 saturated heterocycles. The second-order valence-electron chi connectivity index (χ2n) is 7.13. The predicted molar refractivity (Wildman–Crippen MR) is 129 cm³/mol. The van der Waals surface area contributed by atoms with Gasteiger partial charge < -0.3 is 19.9 Å². The molecule has 1 aromatic heterocycles. The van der Waals surface area contributed by atoms with Gasteiger partial charge in [-0.3, -0.25) is 9.59 Å². The molecule has 0 spiro atoms. The van der Waals surface area contributed by atoms with Crippen LogP contribution >= 0.6 is 11.8 Å². The second-order valence-corrected chi connectivity index (χ2v) is 8.07. The van der Waals surface area contributed by atoms with Gasteiger partial charge in [-0.2, -0.15) is 0 Å². The van der Waals surface area contributed by atoms with Gasteiger partial charge in [0.05, 0.1) is 19.3 Å². The number of allylic oxidation sites excluding steroid dienone is 1. The quantitative estimate of drug-likeness (QED) is 0.315. The van der Waals surface area contributed by atoms with Crippen LogP contribution in [0.1, 0.15) is 11.4 Å². The number of amides is 2. The lowest BCUT2D eigenvalue weighted by atomic mass is 10.1. The van der Waals surface area contributed by atoms with Crippen molar-refractivity contribution >= 4 is 29.3 Å². The Morgan fingerprint density at radius 1 is 1.12 bits per heavy atom. The molecule has 0 atom stereocenters. The Hall–Kier alpha value is -3.59. The van der Waals surface area contributed by atoms with Gasteiger partial charge in [-0.25, -0.2) is 0 Å². The van der Waals surface area contributed by atoms with Crippen molar-refractivity contribution in [2.75, 3.05) is 24.7 Å². The molecule has 172 valence electrons. The van der Waals surface area contributed by atoms with Crippen LogP contribution in [-0.4, -0.2) is 46.0 Å². The molecular weight excluding hydrogens is 438 g/mol. The van der Waals surface area contributed by atoms with E-state index in [2.05, 4.69) is 27.4 Å². The van der Waals surface area contributed by atoms with Gasteiger partial charge in [0.25, 0.3) is 0 Å². The van der Waals surface area contributed by atoms with Crippen LogP contribution in [0, 0.1) is 0 Å². The molecular formula is C24H27N5O3S. The molecule has 2 aromatic carbocycles. The summed E-state index contributed by atoms with van der Waals surface area (Å²) >= 11 is 1.28. The topological polar surface area (TPSA) is 98.1 Å². The first kappa shape index (κ1) is 24.1. The van der Waals surface area contributed by atoms with Gasteiger partial charge in [0.1, 0.15) is 11.6 Å². The van der Waals surface area contributed by atoms with Gasteiger partial charge in [-0.15, -0.1) is 16.8 Å². The Morgan fingerprint density at radius 2 is 1.94 bits per heavy atom. The zero-order valence-corrected chi connectivity index (χ0v) is 19.3. The fraction of sp³-hybridized carbons (Fsp3) is 0.250. The summed E-state index contributed by atoms with van der Waals surface area (Å²) in [5.41, 5.74) is 1.81. The number of nitrogens with one attached hydrogen (secondary N) is 2. The van der Waals surface area contributed by atoms with Crippen LogP contribution in [-0.2, 0) is 29.0 Å². The average Bonchev–Trinajstić information content (AvgIpc) is 3.19. The first-order valence-electron chi connectivity index (χ1n) is 10.5. The van der Waals surface area contributed by atoms with Gasteiger partial charge in [-0.05, 0) is 24.1 Å². The number of hydrogen-bond acceptors (Lipinski definition) is 6. The van der Waals surface area contributed by atoms with Crippen LogP contribution in [0.3, 0.4) is 0 Å². The first-order chi connectivity index (χ1) is 16.1. The molecule has 2 N–H and O–H groups in total. The molecule has 3 aromatic rings. The monoisotopic (exact) mass is 465 g/mol. The van der Waals surface area contributed by atoms with Crippen molar-refractivity contribution in [2.24, 2.45) is 0 Å². The number of anilines is 1. The number of aromatic nitrogens is 3. The normalized spacial score (nSPS) is 10.5. The average molecular weight is 466 g/mol. The minimum Gasteiger partial charge on any atom is -0.497 e. The molecule has 2 amide bonds. The third-order valence-electron chi connectivity index (χ3n) is 4.69. The molecule has 0 aliphatic carbocycles. The van der Waals surface area contributed by atoms with Gasteiger partial charge in [-0.1, -0.05) is 54.2 Å². The Labute approximate surface area is 197 Å². The van der Waals surface area contributed by atoms with E-state index in [9.17, 15) is 9.59 Å². The predicted octanol–water partition coefficient (Wildman–Crippen LogP) is 3.10. The molecule has 9 heteroatoms. The fourth-order valence-electron chi connectivity index (χ4n) is 3.09. The molecule has 1 heterocycles. The maximum atomic E-state index is 12.5. The van der Waals surface area contributed by atoms with Gasteiger partial charge in [0, 0.05) is 24.8 Å². The van der Waals surface area contributed by atoms with Crippen molar-refractivity contribution in [2.45, 2.75) is 24.5 Å². The van der Waals surface area contributed by atoms with Crippen molar-refractivity contribution in [3.63, 3.8) is 0 Å². The van der Waals surface area contributed by atoms with Crippen LogP contribution in [0.15, 0.2) is 72.4 Å². The lowest BCUT2D eigenvalue weighted by Crippen LogP contribution is -2.27. The van der Waals surface area contributed by atoms with E-state index in [1.807, 2.05) is 30.3 Å². The van der Waals surface area contributed by atoms with Crippen LogP contribution < -0.4 is 15.4 Å². The summed E-state index contributed by atoms with van der Waals surface area (Å²) in [4.78, 5) is 24.8. The minimum atomic E-state index is -0.226. The molecule has 0 saturated carbocycles. The van der Waals surface area contributed by atoms with E-state index in [0.717, 1.165) is 6.42 Å².